The zero-order valence-electron chi connectivity index (χ0n) is 13.1. The monoisotopic (exact) mass is 290 g/mol. The number of hydrogen-bond donors (Lipinski definition) is 2. The van der Waals surface area contributed by atoms with Gasteiger partial charge in [-0.05, 0) is 69.7 Å². The van der Waals surface area contributed by atoms with Crippen molar-refractivity contribution >= 4 is 6.01 Å². The van der Waals surface area contributed by atoms with Crippen LogP contribution in [0.3, 0.4) is 0 Å². The molecule has 1 unspecified atom stereocenters. The first-order valence-electron chi connectivity index (χ1n) is 8.51. The van der Waals surface area contributed by atoms with Crippen LogP contribution in [0.25, 0.3) is 0 Å². The molecular weight excluding hydrogens is 264 g/mol. The summed E-state index contributed by atoms with van der Waals surface area (Å²) in [6, 6.07) is 0.742. The molecular formula is C16H26N4O. The van der Waals surface area contributed by atoms with Gasteiger partial charge < -0.3 is 15.1 Å². The van der Waals surface area contributed by atoms with Gasteiger partial charge in [0.1, 0.15) is 0 Å². The van der Waals surface area contributed by atoms with Crippen LogP contribution >= 0.6 is 0 Å². The highest BCUT2D eigenvalue weighted by Crippen LogP contribution is 2.56. The minimum absolute atomic E-state index is 0.120. The van der Waals surface area contributed by atoms with E-state index >= 15 is 0 Å². The van der Waals surface area contributed by atoms with E-state index in [1.165, 1.54) is 38.5 Å². The van der Waals surface area contributed by atoms with E-state index in [2.05, 4.69) is 34.7 Å². The highest BCUT2D eigenvalue weighted by molar-refractivity contribution is 5.28. The summed E-state index contributed by atoms with van der Waals surface area (Å²) in [5.41, 5.74) is 0.236. The van der Waals surface area contributed by atoms with Crippen LogP contribution in [0.15, 0.2) is 4.42 Å². The SMILES string of the molecule is CCNC(C)c1nnc(NC23CC4CC(CC(C4)C2)C3)o1. The maximum absolute atomic E-state index is 5.84. The van der Waals surface area contributed by atoms with Gasteiger partial charge in [-0.25, -0.2) is 0 Å². The smallest absolute Gasteiger partial charge is 0.315 e. The molecule has 4 aliphatic rings. The minimum Gasteiger partial charge on any atom is -0.406 e. The molecule has 0 spiro atoms. The molecule has 1 atom stereocenters. The van der Waals surface area contributed by atoms with Crippen LogP contribution in [0.2, 0.25) is 0 Å². The van der Waals surface area contributed by atoms with Crippen molar-refractivity contribution in [2.75, 3.05) is 11.9 Å². The van der Waals surface area contributed by atoms with Gasteiger partial charge in [-0.2, -0.15) is 0 Å². The lowest BCUT2D eigenvalue weighted by Crippen LogP contribution is -2.54. The summed E-state index contributed by atoms with van der Waals surface area (Å²) in [6.45, 7) is 5.05. The molecule has 5 heteroatoms. The van der Waals surface area contributed by atoms with Gasteiger partial charge >= 0.3 is 6.01 Å². The standard InChI is InChI=1S/C16H26N4O/c1-3-17-10(2)14-19-20-15(21-14)18-16-7-11-4-12(8-16)6-13(5-11)9-16/h10-13,17H,3-9H2,1-2H3,(H,18,20). The first-order chi connectivity index (χ1) is 10.2. The van der Waals surface area contributed by atoms with E-state index < -0.39 is 0 Å². The van der Waals surface area contributed by atoms with Crippen molar-refractivity contribution in [1.82, 2.24) is 15.5 Å². The molecule has 1 aromatic rings. The average Bonchev–Trinajstić information content (AvgIpc) is 2.85. The minimum atomic E-state index is 0.120. The molecule has 5 nitrogen and oxygen atoms in total. The summed E-state index contributed by atoms with van der Waals surface area (Å²) in [6.07, 6.45) is 8.23. The zero-order valence-corrected chi connectivity index (χ0v) is 13.1. The lowest BCUT2D eigenvalue weighted by molar-refractivity contribution is 0.00957. The van der Waals surface area contributed by atoms with Gasteiger partial charge in [0.25, 0.3) is 0 Å². The summed E-state index contributed by atoms with van der Waals surface area (Å²) in [7, 11) is 0. The van der Waals surface area contributed by atoms with Crippen molar-refractivity contribution in [2.24, 2.45) is 17.8 Å². The van der Waals surface area contributed by atoms with Gasteiger partial charge in [-0.15, -0.1) is 5.10 Å². The summed E-state index contributed by atoms with van der Waals surface area (Å²) >= 11 is 0. The van der Waals surface area contributed by atoms with Gasteiger partial charge in [-0.1, -0.05) is 12.0 Å². The highest BCUT2D eigenvalue weighted by atomic mass is 16.4. The van der Waals surface area contributed by atoms with Crippen molar-refractivity contribution < 1.29 is 4.42 Å². The van der Waals surface area contributed by atoms with Gasteiger partial charge in [0.15, 0.2) is 0 Å². The number of nitrogens with zero attached hydrogens (tertiary/aromatic N) is 2. The molecule has 5 rings (SSSR count). The van der Waals surface area contributed by atoms with Crippen LogP contribution in [0.4, 0.5) is 6.01 Å². The molecule has 0 radical (unpaired) electrons. The number of nitrogens with one attached hydrogen (secondary N) is 2. The number of aromatic nitrogens is 2. The largest absolute Gasteiger partial charge is 0.406 e. The molecule has 0 amide bonds. The van der Waals surface area contributed by atoms with E-state index in [1.807, 2.05) is 0 Å². The summed E-state index contributed by atoms with van der Waals surface area (Å²) in [5, 5.41) is 15.4. The van der Waals surface area contributed by atoms with E-state index in [0.717, 1.165) is 24.3 Å². The number of anilines is 1. The summed E-state index contributed by atoms with van der Waals surface area (Å²) in [4.78, 5) is 0. The van der Waals surface area contributed by atoms with Crippen LogP contribution < -0.4 is 10.6 Å². The Morgan fingerprint density at radius 3 is 2.33 bits per heavy atom. The third-order valence-corrected chi connectivity index (χ3v) is 5.73. The van der Waals surface area contributed by atoms with E-state index in [0.29, 0.717) is 11.9 Å². The summed E-state index contributed by atoms with van der Waals surface area (Å²) in [5.74, 6) is 3.45. The second kappa shape index (κ2) is 4.97. The lowest BCUT2D eigenvalue weighted by Gasteiger charge is -2.56. The van der Waals surface area contributed by atoms with Crippen molar-refractivity contribution in [3.8, 4) is 0 Å². The number of hydrogen-bond acceptors (Lipinski definition) is 5. The second-order valence-corrected chi connectivity index (χ2v) is 7.55. The van der Waals surface area contributed by atoms with Gasteiger partial charge in [-0.3, -0.25) is 0 Å². The third-order valence-electron chi connectivity index (χ3n) is 5.73. The van der Waals surface area contributed by atoms with E-state index in [9.17, 15) is 0 Å². The Hall–Kier alpha value is -1.10. The fourth-order valence-corrected chi connectivity index (χ4v) is 5.34. The van der Waals surface area contributed by atoms with E-state index in [4.69, 9.17) is 4.42 Å². The van der Waals surface area contributed by atoms with Crippen molar-refractivity contribution in [3.05, 3.63) is 5.89 Å². The Morgan fingerprint density at radius 1 is 1.14 bits per heavy atom. The molecule has 4 fully saturated rings. The number of rotatable bonds is 5. The molecule has 1 heterocycles. The average molecular weight is 290 g/mol. The molecule has 4 saturated carbocycles. The van der Waals surface area contributed by atoms with E-state index in [-0.39, 0.29) is 11.6 Å². The predicted octanol–water partition coefficient (Wildman–Crippen LogP) is 3.12. The fraction of sp³-hybridized carbons (Fsp3) is 0.875. The highest BCUT2D eigenvalue weighted by Gasteiger charge is 2.51. The van der Waals surface area contributed by atoms with Crippen LogP contribution in [-0.4, -0.2) is 22.3 Å². The first-order valence-corrected chi connectivity index (χ1v) is 8.51. The van der Waals surface area contributed by atoms with Gasteiger partial charge in [0.2, 0.25) is 5.89 Å². The maximum atomic E-state index is 5.84. The van der Waals surface area contributed by atoms with Gasteiger partial charge in [0.05, 0.1) is 6.04 Å². The molecule has 0 aliphatic heterocycles. The second-order valence-electron chi connectivity index (χ2n) is 7.55. The third kappa shape index (κ3) is 2.45. The first kappa shape index (κ1) is 13.6. The molecule has 116 valence electrons. The van der Waals surface area contributed by atoms with Crippen molar-refractivity contribution in [2.45, 2.75) is 64.0 Å². The maximum Gasteiger partial charge on any atom is 0.315 e. The van der Waals surface area contributed by atoms with Crippen LogP contribution in [0.5, 0.6) is 0 Å². The fourth-order valence-electron chi connectivity index (χ4n) is 5.34. The molecule has 1 aromatic heterocycles. The van der Waals surface area contributed by atoms with E-state index in [1.54, 1.807) is 0 Å². The Kier molecular flexibility index (Phi) is 3.21. The molecule has 0 saturated heterocycles. The van der Waals surface area contributed by atoms with Crippen molar-refractivity contribution in [1.29, 1.82) is 0 Å². The van der Waals surface area contributed by atoms with Crippen LogP contribution in [-0.2, 0) is 0 Å². The topological polar surface area (TPSA) is 63.0 Å². The summed E-state index contributed by atoms with van der Waals surface area (Å²) < 4.78 is 5.84. The predicted molar refractivity (Wildman–Crippen MR) is 80.9 cm³/mol. The normalized spacial score (nSPS) is 38.7. The molecule has 4 aliphatic carbocycles. The molecule has 21 heavy (non-hydrogen) atoms. The Balaban J connectivity index is 1.48. The Labute approximate surface area is 126 Å². The lowest BCUT2D eigenvalue weighted by atomic mass is 9.53. The van der Waals surface area contributed by atoms with Crippen LogP contribution in [0.1, 0.15) is 64.3 Å². The van der Waals surface area contributed by atoms with Crippen molar-refractivity contribution in [3.63, 3.8) is 0 Å². The molecule has 4 bridgehead atoms. The van der Waals surface area contributed by atoms with Gasteiger partial charge in [0, 0.05) is 5.54 Å². The molecule has 0 aromatic carbocycles. The Morgan fingerprint density at radius 2 is 1.76 bits per heavy atom. The zero-order chi connectivity index (χ0) is 14.4. The van der Waals surface area contributed by atoms with Crippen LogP contribution in [0, 0.1) is 17.8 Å². The quantitative estimate of drug-likeness (QED) is 0.872. The molecule has 2 N–H and O–H groups in total. The Bertz CT molecular complexity index is 477.